The summed E-state index contributed by atoms with van der Waals surface area (Å²) in [6.45, 7) is 9.34. The number of nitrogens with zero attached hydrogens (tertiary/aromatic N) is 6. The molecule has 3 aromatic heterocycles. The van der Waals surface area contributed by atoms with E-state index in [1.54, 1.807) is 22.4 Å². The van der Waals surface area contributed by atoms with E-state index in [0.717, 1.165) is 32.4 Å². The lowest BCUT2D eigenvalue weighted by Gasteiger charge is -2.36. The van der Waals surface area contributed by atoms with Gasteiger partial charge in [0, 0.05) is 50.6 Å². The van der Waals surface area contributed by atoms with Crippen LogP contribution in [0, 0.1) is 0 Å². The number of amides is 1. The second-order valence-corrected chi connectivity index (χ2v) is 10.8. The highest BCUT2D eigenvalue weighted by Crippen LogP contribution is 2.32. The molecule has 8 nitrogen and oxygen atoms in total. The lowest BCUT2D eigenvalue weighted by Crippen LogP contribution is -2.50. The van der Waals surface area contributed by atoms with Crippen molar-refractivity contribution < 1.29 is 13.9 Å². The summed E-state index contributed by atoms with van der Waals surface area (Å²) in [5.41, 5.74) is 1.29. The van der Waals surface area contributed by atoms with Gasteiger partial charge in [0.05, 0.1) is 17.4 Å². The molecular formula is C24H29FN6O2S. The lowest BCUT2D eigenvalue weighted by molar-refractivity contribution is 0.0240. The second kappa shape index (κ2) is 8.98. The molecule has 1 amide bonds. The number of anilines is 2. The van der Waals surface area contributed by atoms with Crippen LogP contribution in [0.1, 0.15) is 27.2 Å². The average molecular weight is 485 g/mol. The number of rotatable bonds is 3. The first-order valence-corrected chi connectivity index (χ1v) is 12.4. The molecule has 2 fully saturated rings. The second-order valence-electron chi connectivity index (χ2n) is 9.72. The van der Waals surface area contributed by atoms with E-state index in [4.69, 9.17) is 9.72 Å². The predicted molar refractivity (Wildman–Crippen MR) is 132 cm³/mol. The first-order valence-electron chi connectivity index (χ1n) is 11.6. The van der Waals surface area contributed by atoms with Crippen LogP contribution in [0.25, 0.3) is 20.8 Å². The molecule has 0 spiro atoms. The first-order chi connectivity index (χ1) is 16.2. The number of pyridine rings is 2. The standard InChI is InChI=1S/C24H29FN6O2S/c1-24(2,3)33-23(32)30-10-8-29(9-11-30)21-12-19-18(14-27-21)28-22(34-19)16-4-5-20(26-13-16)31-7-6-17(25)15-31/h4-5,12-14,17H,6-11,15H2,1-3H3/t17-/m1/s1. The highest BCUT2D eigenvalue weighted by atomic mass is 32.1. The number of hydrogen-bond acceptors (Lipinski definition) is 8. The molecular weight excluding hydrogens is 455 g/mol. The normalized spacial score (nSPS) is 19.2. The third-order valence-corrected chi connectivity index (χ3v) is 7.03. The highest BCUT2D eigenvalue weighted by molar-refractivity contribution is 7.21. The zero-order chi connectivity index (χ0) is 23.9. The van der Waals surface area contributed by atoms with Crippen LogP contribution >= 0.6 is 11.3 Å². The van der Waals surface area contributed by atoms with Gasteiger partial charge in [-0.1, -0.05) is 0 Å². The highest BCUT2D eigenvalue weighted by Gasteiger charge is 2.27. The van der Waals surface area contributed by atoms with Gasteiger partial charge in [0.1, 0.15) is 33.9 Å². The number of hydrogen-bond donors (Lipinski definition) is 0. The molecule has 5 heterocycles. The Morgan fingerprint density at radius 1 is 1.06 bits per heavy atom. The minimum absolute atomic E-state index is 0.267. The predicted octanol–water partition coefficient (Wildman–Crippen LogP) is 4.36. The molecule has 0 unspecified atom stereocenters. The van der Waals surface area contributed by atoms with E-state index >= 15 is 0 Å². The lowest BCUT2D eigenvalue weighted by atomic mass is 10.2. The van der Waals surface area contributed by atoms with Crippen molar-refractivity contribution in [1.29, 1.82) is 0 Å². The third kappa shape index (κ3) is 4.91. The SMILES string of the molecule is CC(C)(C)OC(=O)N1CCN(c2cc3sc(-c4ccc(N5CC[C@@H](F)C5)nc4)nc3cn2)CC1. The Hall–Kier alpha value is -3.01. The van der Waals surface area contributed by atoms with Gasteiger partial charge in [-0.2, -0.15) is 0 Å². The zero-order valence-corrected chi connectivity index (χ0v) is 20.5. The van der Waals surface area contributed by atoms with Gasteiger partial charge >= 0.3 is 6.09 Å². The average Bonchev–Trinajstić information content (AvgIpc) is 3.44. The first kappa shape index (κ1) is 22.8. The molecule has 34 heavy (non-hydrogen) atoms. The number of alkyl halides is 1. The molecule has 2 aliphatic rings. The van der Waals surface area contributed by atoms with Crippen LogP contribution in [0.4, 0.5) is 20.8 Å². The monoisotopic (exact) mass is 484 g/mol. The molecule has 180 valence electrons. The minimum atomic E-state index is -0.771. The van der Waals surface area contributed by atoms with Crippen molar-refractivity contribution in [3.05, 3.63) is 30.6 Å². The molecule has 0 radical (unpaired) electrons. The molecule has 0 bridgehead atoms. The summed E-state index contributed by atoms with van der Waals surface area (Å²) in [5, 5.41) is 0.882. The van der Waals surface area contributed by atoms with Gasteiger partial charge in [-0.3, -0.25) is 0 Å². The van der Waals surface area contributed by atoms with Crippen molar-refractivity contribution >= 4 is 39.3 Å². The summed E-state index contributed by atoms with van der Waals surface area (Å²) >= 11 is 1.60. The van der Waals surface area contributed by atoms with E-state index < -0.39 is 11.8 Å². The quantitative estimate of drug-likeness (QED) is 0.547. The van der Waals surface area contributed by atoms with E-state index in [2.05, 4.69) is 20.9 Å². The van der Waals surface area contributed by atoms with Crippen molar-refractivity contribution in [1.82, 2.24) is 19.9 Å². The molecule has 3 aromatic rings. The van der Waals surface area contributed by atoms with Gasteiger partial charge in [-0.15, -0.1) is 11.3 Å². The Balaban J connectivity index is 1.26. The summed E-state index contributed by atoms with van der Waals surface area (Å²) in [6, 6.07) is 6.00. The van der Waals surface area contributed by atoms with E-state index in [1.807, 2.05) is 44.0 Å². The molecule has 0 aromatic carbocycles. The molecule has 5 rings (SSSR count). The molecule has 1 atom stereocenters. The Bertz CT molecular complexity index is 1170. The maximum atomic E-state index is 13.5. The summed E-state index contributed by atoms with van der Waals surface area (Å²) in [6.07, 6.45) is 3.14. The van der Waals surface area contributed by atoms with Crippen LogP contribution in [0.3, 0.4) is 0 Å². The van der Waals surface area contributed by atoms with E-state index in [-0.39, 0.29) is 6.09 Å². The molecule has 0 N–H and O–H groups in total. The maximum absolute atomic E-state index is 13.5. The van der Waals surface area contributed by atoms with Crippen LogP contribution in [0.15, 0.2) is 30.6 Å². The summed E-state index contributed by atoms with van der Waals surface area (Å²) < 4.78 is 20.0. The molecule has 0 saturated carbocycles. The fourth-order valence-electron chi connectivity index (χ4n) is 4.19. The van der Waals surface area contributed by atoms with E-state index in [1.165, 1.54) is 0 Å². The number of aromatic nitrogens is 3. The Kier molecular flexibility index (Phi) is 6.01. The third-order valence-electron chi connectivity index (χ3n) is 5.97. The number of thiazole rings is 1. The van der Waals surface area contributed by atoms with Gasteiger partial charge in [0.2, 0.25) is 0 Å². The van der Waals surface area contributed by atoms with Crippen LogP contribution in [0.2, 0.25) is 0 Å². The molecule has 10 heteroatoms. The number of halogens is 1. The van der Waals surface area contributed by atoms with Crippen molar-refractivity contribution in [3.8, 4) is 10.6 Å². The molecule has 2 saturated heterocycles. The van der Waals surface area contributed by atoms with E-state index in [9.17, 15) is 9.18 Å². The van der Waals surface area contributed by atoms with Gasteiger partial charge < -0.3 is 19.4 Å². The largest absolute Gasteiger partial charge is 0.444 e. The van der Waals surface area contributed by atoms with Gasteiger partial charge in [0.15, 0.2) is 0 Å². The van der Waals surface area contributed by atoms with E-state index in [0.29, 0.717) is 45.7 Å². The number of piperazine rings is 1. The van der Waals surface area contributed by atoms with Crippen LogP contribution in [-0.2, 0) is 4.74 Å². The number of carbonyl (C=O) groups excluding carboxylic acids is 1. The zero-order valence-electron chi connectivity index (χ0n) is 19.7. The van der Waals surface area contributed by atoms with Gasteiger partial charge in [0.25, 0.3) is 0 Å². The van der Waals surface area contributed by atoms with Crippen LogP contribution in [0.5, 0.6) is 0 Å². The summed E-state index contributed by atoms with van der Waals surface area (Å²) in [7, 11) is 0. The summed E-state index contributed by atoms with van der Waals surface area (Å²) in [5.74, 6) is 1.69. The smallest absolute Gasteiger partial charge is 0.410 e. The summed E-state index contributed by atoms with van der Waals surface area (Å²) in [4.78, 5) is 32.1. The Labute approximate surface area is 202 Å². The Morgan fingerprint density at radius 2 is 1.82 bits per heavy atom. The topological polar surface area (TPSA) is 74.7 Å². The van der Waals surface area contributed by atoms with Crippen LogP contribution < -0.4 is 9.80 Å². The fourth-order valence-corrected chi connectivity index (χ4v) is 5.15. The Morgan fingerprint density at radius 3 is 2.47 bits per heavy atom. The number of ether oxygens (including phenoxy) is 1. The van der Waals surface area contributed by atoms with Gasteiger partial charge in [-0.25, -0.2) is 24.1 Å². The molecule has 0 aliphatic carbocycles. The molecule has 2 aliphatic heterocycles. The maximum Gasteiger partial charge on any atom is 0.410 e. The number of fused-ring (bicyclic) bond motifs is 1. The van der Waals surface area contributed by atoms with Crippen molar-refractivity contribution in [2.45, 2.75) is 39.0 Å². The van der Waals surface area contributed by atoms with Crippen LogP contribution in [-0.4, -0.2) is 77.0 Å². The number of carbonyl (C=O) groups is 1. The minimum Gasteiger partial charge on any atom is -0.444 e. The van der Waals surface area contributed by atoms with Crippen molar-refractivity contribution in [2.24, 2.45) is 0 Å². The fraction of sp³-hybridized carbons (Fsp3) is 0.500. The van der Waals surface area contributed by atoms with Gasteiger partial charge in [-0.05, 0) is 39.3 Å². The van der Waals surface area contributed by atoms with Crippen molar-refractivity contribution in [3.63, 3.8) is 0 Å². The van der Waals surface area contributed by atoms with Crippen molar-refractivity contribution in [2.75, 3.05) is 49.1 Å².